The molecule has 4 rings (SSSR count). The van der Waals surface area contributed by atoms with Gasteiger partial charge in [-0.1, -0.05) is 28.1 Å². The molecule has 174 valence electrons. The maximum atomic E-state index is 12.7. The number of ether oxygens (including phenoxy) is 3. The SMILES string of the molecule is CCOc1ccc(OCc2cccc(C(=O)Nc3cnn(COc4ccc(Br)cc4)c3)c2)cc1. The number of amides is 1. The van der Waals surface area contributed by atoms with Crippen LogP contribution in [0.5, 0.6) is 17.2 Å². The highest BCUT2D eigenvalue weighted by Gasteiger charge is 2.09. The second-order valence-corrected chi connectivity index (χ2v) is 8.26. The highest BCUT2D eigenvalue weighted by molar-refractivity contribution is 9.10. The molecule has 0 aliphatic carbocycles. The largest absolute Gasteiger partial charge is 0.494 e. The Morgan fingerprint density at radius 3 is 2.35 bits per heavy atom. The molecule has 8 heteroatoms. The number of nitrogens with zero attached hydrogens (tertiary/aromatic N) is 2. The summed E-state index contributed by atoms with van der Waals surface area (Å²) in [6.45, 7) is 3.14. The molecule has 4 aromatic rings. The molecular weight excluding hydrogens is 498 g/mol. The van der Waals surface area contributed by atoms with E-state index in [1.165, 1.54) is 0 Å². The first-order chi connectivity index (χ1) is 16.6. The minimum atomic E-state index is -0.226. The number of anilines is 1. The van der Waals surface area contributed by atoms with E-state index in [0.29, 0.717) is 24.5 Å². The van der Waals surface area contributed by atoms with E-state index >= 15 is 0 Å². The van der Waals surface area contributed by atoms with Crippen molar-refractivity contribution in [1.29, 1.82) is 0 Å². The van der Waals surface area contributed by atoms with Crippen LogP contribution in [0, 0.1) is 0 Å². The predicted octanol–water partition coefficient (Wildman–Crippen LogP) is 5.91. The molecule has 0 saturated carbocycles. The lowest BCUT2D eigenvalue weighted by Crippen LogP contribution is -2.12. The number of halogens is 1. The molecule has 0 unspecified atom stereocenters. The lowest BCUT2D eigenvalue weighted by Gasteiger charge is -2.09. The molecule has 0 aliphatic rings. The van der Waals surface area contributed by atoms with Crippen molar-refractivity contribution in [1.82, 2.24) is 9.78 Å². The lowest BCUT2D eigenvalue weighted by molar-refractivity contribution is 0.102. The third kappa shape index (κ3) is 6.62. The van der Waals surface area contributed by atoms with Crippen molar-refractivity contribution in [2.45, 2.75) is 20.3 Å². The van der Waals surface area contributed by atoms with Gasteiger partial charge in [-0.05, 0) is 73.2 Å². The minimum absolute atomic E-state index is 0.226. The number of hydrogen-bond donors (Lipinski definition) is 1. The van der Waals surface area contributed by atoms with Crippen LogP contribution in [0.4, 0.5) is 5.69 Å². The maximum absolute atomic E-state index is 12.7. The normalized spacial score (nSPS) is 10.5. The van der Waals surface area contributed by atoms with Gasteiger partial charge in [0.25, 0.3) is 5.91 Å². The molecule has 1 aromatic heterocycles. The van der Waals surface area contributed by atoms with E-state index in [4.69, 9.17) is 14.2 Å². The zero-order valence-corrected chi connectivity index (χ0v) is 20.2. The zero-order valence-electron chi connectivity index (χ0n) is 18.6. The summed E-state index contributed by atoms with van der Waals surface area (Å²) in [4.78, 5) is 12.7. The van der Waals surface area contributed by atoms with E-state index < -0.39 is 0 Å². The first-order valence-corrected chi connectivity index (χ1v) is 11.5. The Balaban J connectivity index is 1.30. The molecule has 1 N–H and O–H groups in total. The summed E-state index contributed by atoms with van der Waals surface area (Å²) in [7, 11) is 0. The summed E-state index contributed by atoms with van der Waals surface area (Å²) >= 11 is 3.39. The van der Waals surface area contributed by atoms with Crippen molar-refractivity contribution in [3.05, 3.63) is 101 Å². The van der Waals surface area contributed by atoms with Crippen LogP contribution in [0.1, 0.15) is 22.8 Å². The van der Waals surface area contributed by atoms with E-state index in [0.717, 1.165) is 27.3 Å². The molecule has 0 radical (unpaired) electrons. The minimum Gasteiger partial charge on any atom is -0.494 e. The Morgan fingerprint density at radius 2 is 1.62 bits per heavy atom. The quantitative estimate of drug-likeness (QED) is 0.280. The van der Waals surface area contributed by atoms with Gasteiger partial charge in [0.15, 0.2) is 6.73 Å². The first-order valence-electron chi connectivity index (χ1n) is 10.8. The molecule has 34 heavy (non-hydrogen) atoms. The third-order valence-electron chi connectivity index (χ3n) is 4.80. The molecule has 1 amide bonds. The van der Waals surface area contributed by atoms with E-state index in [1.54, 1.807) is 23.1 Å². The van der Waals surface area contributed by atoms with Crippen molar-refractivity contribution in [2.75, 3.05) is 11.9 Å². The van der Waals surface area contributed by atoms with E-state index in [1.807, 2.05) is 73.7 Å². The molecule has 0 saturated heterocycles. The molecule has 0 fully saturated rings. The molecule has 0 spiro atoms. The van der Waals surface area contributed by atoms with Gasteiger partial charge < -0.3 is 19.5 Å². The van der Waals surface area contributed by atoms with Crippen LogP contribution >= 0.6 is 15.9 Å². The van der Waals surface area contributed by atoms with Gasteiger partial charge in [0.1, 0.15) is 23.9 Å². The number of hydrogen-bond acceptors (Lipinski definition) is 5. The van der Waals surface area contributed by atoms with Gasteiger partial charge in [-0.25, -0.2) is 4.68 Å². The van der Waals surface area contributed by atoms with E-state index in [2.05, 4.69) is 26.3 Å². The standard InChI is InChI=1S/C26H24BrN3O4/c1-2-32-23-10-12-24(13-11-23)33-17-19-4-3-5-20(14-19)26(31)29-22-15-28-30(16-22)18-34-25-8-6-21(27)7-9-25/h3-16H,2,17-18H2,1H3,(H,29,31). The number of carbonyl (C=O) groups excluding carboxylic acids is 1. The predicted molar refractivity (Wildman–Crippen MR) is 133 cm³/mol. The Hall–Kier alpha value is -3.78. The van der Waals surface area contributed by atoms with Gasteiger partial charge in [0.05, 0.1) is 24.7 Å². The first kappa shape index (κ1) is 23.4. The summed E-state index contributed by atoms with van der Waals surface area (Å²) in [5, 5.41) is 7.10. The monoisotopic (exact) mass is 521 g/mol. The Kier molecular flexibility index (Phi) is 7.83. The van der Waals surface area contributed by atoms with Crippen LogP contribution in [0.2, 0.25) is 0 Å². The van der Waals surface area contributed by atoms with Crippen LogP contribution in [-0.2, 0) is 13.3 Å². The summed E-state index contributed by atoms with van der Waals surface area (Å²) in [6.07, 6.45) is 3.30. The average Bonchev–Trinajstić information content (AvgIpc) is 3.31. The second-order valence-electron chi connectivity index (χ2n) is 7.34. The number of benzene rings is 3. The second kappa shape index (κ2) is 11.4. The molecule has 0 bridgehead atoms. The highest BCUT2D eigenvalue weighted by atomic mass is 79.9. The molecule has 0 aliphatic heterocycles. The molecule has 3 aromatic carbocycles. The maximum Gasteiger partial charge on any atom is 0.255 e. The van der Waals surface area contributed by atoms with Crippen molar-refractivity contribution >= 4 is 27.5 Å². The highest BCUT2D eigenvalue weighted by Crippen LogP contribution is 2.20. The Bertz CT molecular complexity index is 1220. The summed E-state index contributed by atoms with van der Waals surface area (Å²) < 4.78 is 19.6. The van der Waals surface area contributed by atoms with Crippen LogP contribution in [0.25, 0.3) is 0 Å². The zero-order chi connectivity index (χ0) is 23.8. The summed E-state index contributed by atoms with van der Waals surface area (Å²) in [6, 6.07) is 22.3. The van der Waals surface area contributed by atoms with Crippen molar-refractivity contribution in [3.63, 3.8) is 0 Å². The van der Waals surface area contributed by atoms with Gasteiger partial charge in [0.2, 0.25) is 0 Å². The lowest BCUT2D eigenvalue weighted by atomic mass is 10.1. The fraction of sp³-hybridized carbons (Fsp3) is 0.154. The number of rotatable bonds is 10. The van der Waals surface area contributed by atoms with Gasteiger partial charge in [-0.3, -0.25) is 4.79 Å². The topological polar surface area (TPSA) is 74.6 Å². The number of aromatic nitrogens is 2. The van der Waals surface area contributed by atoms with Gasteiger partial charge in [-0.2, -0.15) is 5.10 Å². The summed E-state index contributed by atoms with van der Waals surface area (Å²) in [5.41, 5.74) is 2.01. The van der Waals surface area contributed by atoms with Crippen LogP contribution in [0.15, 0.2) is 89.7 Å². The molecule has 0 atom stereocenters. The van der Waals surface area contributed by atoms with E-state index in [9.17, 15) is 4.79 Å². The summed E-state index contributed by atoms with van der Waals surface area (Å²) in [5.74, 6) is 2.04. The Morgan fingerprint density at radius 1 is 0.941 bits per heavy atom. The van der Waals surface area contributed by atoms with Crippen LogP contribution in [0.3, 0.4) is 0 Å². The molecule has 1 heterocycles. The Labute approximate surface area is 206 Å². The molecule has 7 nitrogen and oxygen atoms in total. The van der Waals surface area contributed by atoms with Crippen molar-refractivity contribution < 1.29 is 19.0 Å². The number of nitrogens with one attached hydrogen (secondary N) is 1. The van der Waals surface area contributed by atoms with E-state index in [-0.39, 0.29) is 12.6 Å². The van der Waals surface area contributed by atoms with Gasteiger partial charge >= 0.3 is 0 Å². The fourth-order valence-corrected chi connectivity index (χ4v) is 3.41. The van der Waals surface area contributed by atoms with Crippen molar-refractivity contribution in [3.8, 4) is 17.2 Å². The van der Waals surface area contributed by atoms with Gasteiger partial charge in [-0.15, -0.1) is 0 Å². The average molecular weight is 522 g/mol. The smallest absolute Gasteiger partial charge is 0.255 e. The third-order valence-corrected chi connectivity index (χ3v) is 5.33. The van der Waals surface area contributed by atoms with Crippen molar-refractivity contribution in [2.24, 2.45) is 0 Å². The van der Waals surface area contributed by atoms with Crippen LogP contribution < -0.4 is 19.5 Å². The number of carbonyl (C=O) groups is 1. The van der Waals surface area contributed by atoms with Crippen LogP contribution in [-0.4, -0.2) is 22.3 Å². The fourth-order valence-electron chi connectivity index (χ4n) is 3.14. The van der Waals surface area contributed by atoms with Gasteiger partial charge in [0, 0.05) is 10.0 Å². The molecular formula is C26H24BrN3O4.